The van der Waals surface area contributed by atoms with Gasteiger partial charge < -0.3 is 9.73 Å². The van der Waals surface area contributed by atoms with Gasteiger partial charge in [-0.3, -0.25) is 9.69 Å². The van der Waals surface area contributed by atoms with Crippen molar-refractivity contribution in [1.29, 1.82) is 0 Å². The molecule has 1 amide bonds. The van der Waals surface area contributed by atoms with Gasteiger partial charge in [0.05, 0.1) is 18.0 Å². The fourth-order valence-electron chi connectivity index (χ4n) is 3.31. The predicted octanol–water partition coefficient (Wildman–Crippen LogP) is 2.27. The Balaban J connectivity index is 1.48. The molecule has 8 nitrogen and oxygen atoms in total. The summed E-state index contributed by atoms with van der Waals surface area (Å²) in [5, 5.41) is 16.1. The highest BCUT2D eigenvalue weighted by atomic mass is 32.1. The molecular formula is C17H20N6O2S. The lowest BCUT2D eigenvalue weighted by Crippen LogP contribution is -2.40. The second kappa shape index (κ2) is 7.79. The minimum atomic E-state index is -0.126. The van der Waals surface area contributed by atoms with Gasteiger partial charge in [0, 0.05) is 6.54 Å². The minimum absolute atomic E-state index is 0.0469. The molecular weight excluding hydrogens is 352 g/mol. The molecule has 4 heterocycles. The van der Waals surface area contributed by atoms with Gasteiger partial charge in [-0.2, -0.15) is 4.68 Å². The van der Waals surface area contributed by atoms with Crippen LogP contribution in [0, 0.1) is 0 Å². The number of amides is 1. The van der Waals surface area contributed by atoms with Gasteiger partial charge in [-0.1, -0.05) is 6.42 Å². The molecule has 1 saturated heterocycles. The lowest BCUT2D eigenvalue weighted by Gasteiger charge is -2.33. The van der Waals surface area contributed by atoms with E-state index in [0.717, 1.165) is 18.8 Å². The number of thiophene rings is 1. The van der Waals surface area contributed by atoms with Crippen LogP contribution in [0.15, 0.2) is 40.6 Å². The van der Waals surface area contributed by atoms with Crippen molar-refractivity contribution in [1.82, 2.24) is 30.4 Å². The van der Waals surface area contributed by atoms with E-state index >= 15 is 0 Å². The topological polar surface area (TPSA) is 89.1 Å². The molecule has 1 N–H and O–H groups in total. The van der Waals surface area contributed by atoms with E-state index < -0.39 is 0 Å². The maximum Gasteiger partial charge on any atom is 0.263 e. The molecule has 0 saturated carbocycles. The molecule has 136 valence electrons. The zero-order chi connectivity index (χ0) is 17.8. The van der Waals surface area contributed by atoms with Crippen molar-refractivity contribution in [2.45, 2.75) is 25.3 Å². The van der Waals surface area contributed by atoms with E-state index in [1.165, 1.54) is 41.6 Å². The lowest BCUT2D eigenvalue weighted by molar-refractivity contribution is 0.0918. The monoisotopic (exact) mass is 372 g/mol. The van der Waals surface area contributed by atoms with Crippen LogP contribution in [-0.4, -0.2) is 50.6 Å². The summed E-state index contributed by atoms with van der Waals surface area (Å²) in [6.45, 7) is 2.55. The van der Waals surface area contributed by atoms with Crippen LogP contribution < -0.4 is 5.32 Å². The number of nitrogens with zero attached hydrogens (tertiary/aromatic N) is 5. The Morgan fingerprint density at radius 3 is 2.92 bits per heavy atom. The van der Waals surface area contributed by atoms with Gasteiger partial charge in [0.15, 0.2) is 0 Å². The van der Waals surface area contributed by atoms with Gasteiger partial charge in [0.1, 0.15) is 17.0 Å². The third-order valence-electron chi connectivity index (χ3n) is 4.61. The van der Waals surface area contributed by atoms with Crippen LogP contribution in [0.25, 0.3) is 5.69 Å². The van der Waals surface area contributed by atoms with Crippen LogP contribution >= 0.6 is 11.3 Å². The third kappa shape index (κ3) is 3.54. The zero-order valence-corrected chi connectivity index (χ0v) is 15.1. The van der Waals surface area contributed by atoms with E-state index in [1.54, 1.807) is 6.26 Å². The van der Waals surface area contributed by atoms with Crippen molar-refractivity contribution >= 4 is 17.2 Å². The van der Waals surface area contributed by atoms with E-state index in [1.807, 2.05) is 23.6 Å². The van der Waals surface area contributed by atoms with Crippen molar-refractivity contribution in [2.24, 2.45) is 0 Å². The van der Waals surface area contributed by atoms with Gasteiger partial charge >= 0.3 is 0 Å². The number of piperidine rings is 1. The molecule has 0 aromatic carbocycles. The maximum absolute atomic E-state index is 12.7. The smallest absolute Gasteiger partial charge is 0.263 e. The Labute approximate surface area is 154 Å². The van der Waals surface area contributed by atoms with E-state index in [9.17, 15) is 4.79 Å². The van der Waals surface area contributed by atoms with Crippen LogP contribution in [0.5, 0.6) is 0 Å². The van der Waals surface area contributed by atoms with Crippen LogP contribution in [0.2, 0.25) is 0 Å². The van der Waals surface area contributed by atoms with E-state index in [-0.39, 0.29) is 11.9 Å². The predicted molar refractivity (Wildman–Crippen MR) is 96.2 cm³/mol. The second-order valence-corrected chi connectivity index (χ2v) is 7.14. The van der Waals surface area contributed by atoms with Crippen molar-refractivity contribution in [3.63, 3.8) is 0 Å². The Hall–Kier alpha value is -2.52. The molecule has 3 aromatic heterocycles. The molecule has 0 aliphatic carbocycles. The number of rotatable bonds is 6. The molecule has 1 fully saturated rings. The normalized spacial score (nSPS) is 16.5. The number of carbonyl (C=O) groups excluding carboxylic acids is 1. The molecule has 0 bridgehead atoms. The number of likely N-dealkylation sites (tertiary alicyclic amines) is 1. The SMILES string of the molecule is O=C(NCC(c1ccco1)N1CCCCC1)c1sccc1-n1cnnn1. The second-order valence-electron chi connectivity index (χ2n) is 6.23. The minimum Gasteiger partial charge on any atom is -0.468 e. The van der Waals surface area contributed by atoms with Crippen molar-refractivity contribution in [2.75, 3.05) is 19.6 Å². The standard InChI is InChI=1S/C17H20N6O2S/c24-17(16-13(6-10-26-16)23-12-19-20-21-23)18-11-14(15-5-4-9-25-15)22-7-2-1-3-8-22/h4-6,9-10,12,14H,1-3,7-8,11H2,(H,18,24). The van der Waals surface area contributed by atoms with Gasteiger partial charge in [-0.15, -0.1) is 16.4 Å². The van der Waals surface area contributed by atoms with E-state index in [2.05, 4.69) is 25.7 Å². The molecule has 1 unspecified atom stereocenters. The van der Waals surface area contributed by atoms with E-state index in [4.69, 9.17) is 4.42 Å². The number of aromatic nitrogens is 4. The highest BCUT2D eigenvalue weighted by Crippen LogP contribution is 2.25. The van der Waals surface area contributed by atoms with Crippen LogP contribution in [-0.2, 0) is 0 Å². The van der Waals surface area contributed by atoms with Crippen molar-refractivity contribution in [3.8, 4) is 5.69 Å². The highest BCUT2D eigenvalue weighted by molar-refractivity contribution is 7.12. The van der Waals surface area contributed by atoms with Crippen LogP contribution in [0.3, 0.4) is 0 Å². The fourth-order valence-corrected chi connectivity index (χ4v) is 4.11. The molecule has 4 rings (SSSR count). The Bertz CT molecular complexity index is 823. The molecule has 3 aromatic rings. The molecule has 0 radical (unpaired) electrons. The van der Waals surface area contributed by atoms with Gasteiger partial charge in [-0.05, 0) is 59.9 Å². The lowest BCUT2D eigenvalue weighted by atomic mass is 10.1. The first-order chi connectivity index (χ1) is 12.8. The summed E-state index contributed by atoms with van der Waals surface area (Å²) < 4.78 is 7.13. The summed E-state index contributed by atoms with van der Waals surface area (Å²) in [6, 6.07) is 5.75. The van der Waals surface area contributed by atoms with Gasteiger partial charge in [-0.25, -0.2) is 0 Å². The fraction of sp³-hybridized carbons (Fsp3) is 0.412. The quantitative estimate of drug-likeness (QED) is 0.714. The summed E-state index contributed by atoms with van der Waals surface area (Å²) in [4.78, 5) is 15.7. The Morgan fingerprint density at radius 2 is 2.19 bits per heavy atom. The first-order valence-electron chi connectivity index (χ1n) is 8.69. The number of furan rings is 1. The summed E-state index contributed by atoms with van der Waals surface area (Å²) in [5.74, 6) is 0.762. The first-order valence-corrected chi connectivity index (χ1v) is 9.57. The maximum atomic E-state index is 12.7. The number of hydrogen-bond donors (Lipinski definition) is 1. The molecule has 0 spiro atoms. The summed E-state index contributed by atoms with van der Waals surface area (Å²) in [5.41, 5.74) is 0.685. The first kappa shape index (κ1) is 16.9. The van der Waals surface area contributed by atoms with Crippen molar-refractivity contribution in [3.05, 3.63) is 46.8 Å². The number of carbonyl (C=O) groups is 1. The summed E-state index contributed by atoms with van der Waals surface area (Å²) in [7, 11) is 0. The third-order valence-corrected chi connectivity index (χ3v) is 5.51. The van der Waals surface area contributed by atoms with Gasteiger partial charge in [0.25, 0.3) is 5.91 Å². The highest BCUT2D eigenvalue weighted by Gasteiger charge is 2.26. The summed E-state index contributed by atoms with van der Waals surface area (Å²) >= 11 is 1.38. The zero-order valence-electron chi connectivity index (χ0n) is 14.2. The largest absolute Gasteiger partial charge is 0.468 e. The Kier molecular flexibility index (Phi) is 5.07. The molecule has 1 aliphatic heterocycles. The Morgan fingerprint density at radius 1 is 1.31 bits per heavy atom. The molecule has 1 aliphatic rings. The van der Waals surface area contributed by atoms with Crippen LogP contribution in [0.4, 0.5) is 0 Å². The molecule has 9 heteroatoms. The number of nitrogens with one attached hydrogen (secondary N) is 1. The van der Waals surface area contributed by atoms with Crippen molar-refractivity contribution < 1.29 is 9.21 Å². The molecule has 26 heavy (non-hydrogen) atoms. The molecule has 1 atom stereocenters. The average molecular weight is 372 g/mol. The number of hydrogen-bond acceptors (Lipinski definition) is 7. The number of tetrazole rings is 1. The van der Waals surface area contributed by atoms with Gasteiger partial charge in [0.2, 0.25) is 0 Å². The van der Waals surface area contributed by atoms with Crippen LogP contribution in [0.1, 0.15) is 40.7 Å². The summed E-state index contributed by atoms with van der Waals surface area (Å²) in [6.07, 6.45) is 6.79. The average Bonchev–Trinajstić information content (AvgIpc) is 3.43. The van der Waals surface area contributed by atoms with E-state index in [0.29, 0.717) is 17.1 Å².